The van der Waals surface area contributed by atoms with Gasteiger partial charge < -0.3 is 21.1 Å². The van der Waals surface area contributed by atoms with Gasteiger partial charge >= 0.3 is 0 Å². The van der Waals surface area contributed by atoms with Crippen LogP contribution < -0.4 is 16.0 Å². The maximum atomic E-state index is 12.0. The fraction of sp³-hybridized carbons (Fsp3) is 0.632. The van der Waals surface area contributed by atoms with Gasteiger partial charge in [-0.15, -0.1) is 24.0 Å². The number of rotatable bonds is 11. The number of pyridine rings is 1. The summed E-state index contributed by atoms with van der Waals surface area (Å²) in [6.07, 6.45) is 4.95. The Morgan fingerprint density at radius 1 is 1.26 bits per heavy atom. The van der Waals surface area contributed by atoms with Gasteiger partial charge in [-0.25, -0.2) is 4.98 Å². The van der Waals surface area contributed by atoms with Crippen LogP contribution in [0.4, 0.5) is 5.82 Å². The minimum atomic E-state index is -0.0890. The number of nitrogens with zero attached hydrogens (tertiary/aromatic N) is 2. The smallest absolute Gasteiger partial charge is 0.227 e. The maximum Gasteiger partial charge on any atom is 0.227 e. The van der Waals surface area contributed by atoms with Crippen LogP contribution in [-0.2, 0) is 4.79 Å². The van der Waals surface area contributed by atoms with Gasteiger partial charge in [0.25, 0.3) is 0 Å². The topological polar surface area (TPSA) is 98.6 Å². The Labute approximate surface area is 179 Å². The first-order valence-corrected chi connectivity index (χ1v) is 9.44. The van der Waals surface area contributed by atoms with E-state index in [1.54, 1.807) is 12.3 Å². The lowest BCUT2D eigenvalue weighted by Crippen LogP contribution is -2.39. The predicted octanol–water partition coefficient (Wildman–Crippen LogP) is 2.69. The summed E-state index contributed by atoms with van der Waals surface area (Å²) in [7, 11) is 0. The van der Waals surface area contributed by atoms with E-state index >= 15 is 0 Å². The summed E-state index contributed by atoms with van der Waals surface area (Å²) >= 11 is 0. The summed E-state index contributed by atoms with van der Waals surface area (Å²) in [4.78, 5) is 20.7. The first-order chi connectivity index (χ1) is 12.6. The molecule has 0 saturated carbocycles. The monoisotopic (exact) mass is 491 g/mol. The van der Waals surface area contributed by atoms with Gasteiger partial charge in [0.1, 0.15) is 5.82 Å². The lowest BCUT2D eigenvalue weighted by atomic mass is 10.0. The zero-order valence-electron chi connectivity index (χ0n) is 16.6. The molecule has 154 valence electrons. The molecule has 1 rings (SSSR count). The van der Waals surface area contributed by atoms with E-state index in [0.717, 1.165) is 31.4 Å². The van der Waals surface area contributed by atoms with Crippen molar-refractivity contribution in [3.05, 3.63) is 23.9 Å². The molecule has 1 amide bonds. The van der Waals surface area contributed by atoms with E-state index in [1.165, 1.54) is 0 Å². The van der Waals surface area contributed by atoms with E-state index in [0.29, 0.717) is 37.2 Å². The van der Waals surface area contributed by atoms with E-state index in [1.807, 2.05) is 19.9 Å². The third kappa shape index (κ3) is 11.8. The summed E-state index contributed by atoms with van der Waals surface area (Å²) in [5.74, 6) is 1.56. The molecule has 0 aliphatic heterocycles. The normalized spacial score (nSPS) is 12.1. The highest BCUT2D eigenvalue weighted by molar-refractivity contribution is 14.0. The van der Waals surface area contributed by atoms with E-state index in [-0.39, 0.29) is 36.5 Å². The Morgan fingerprint density at radius 2 is 2.04 bits per heavy atom. The molecule has 0 aliphatic carbocycles. The summed E-state index contributed by atoms with van der Waals surface area (Å²) in [5, 5.41) is 18.3. The van der Waals surface area contributed by atoms with Crippen molar-refractivity contribution < 1.29 is 9.90 Å². The molecule has 0 saturated heterocycles. The van der Waals surface area contributed by atoms with Gasteiger partial charge in [-0.2, -0.15) is 0 Å². The molecule has 0 fully saturated rings. The highest BCUT2D eigenvalue weighted by Gasteiger charge is 2.08. The van der Waals surface area contributed by atoms with Crippen LogP contribution in [0.3, 0.4) is 0 Å². The molecule has 1 aromatic rings. The Balaban J connectivity index is 0.00000676. The van der Waals surface area contributed by atoms with Gasteiger partial charge in [0.15, 0.2) is 5.96 Å². The number of aromatic nitrogens is 1. The van der Waals surface area contributed by atoms with Gasteiger partial charge in [0.2, 0.25) is 5.91 Å². The number of hydrogen-bond donors (Lipinski definition) is 4. The zero-order valence-corrected chi connectivity index (χ0v) is 19.0. The number of anilines is 1. The van der Waals surface area contributed by atoms with Crippen LogP contribution in [0.25, 0.3) is 0 Å². The van der Waals surface area contributed by atoms with Crippen LogP contribution >= 0.6 is 24.0 Å². The number of aliphatic hydroxyl groups excluding tert-OH is 1. The third-order valence-corrected chi connectivity index (χ3v) is 3.91. The van der Waals surface area contributed by atoms with Crippen LogP contribution in [0.5, 0.6) is 0 Å². The molecule has 7 nitrogen and oxygen atoms in total. The summed E-state index contributed by atoms with van der Waals surface area (Å²) < 4.78 is 0. The van der Waals surface area contributed by atoms with Crippen molar-refractivity contribution in [2.24, 2.45) is 10.9 Å². The average molecular weight is 491 g/mol. The highest BCUT2D eigenvalue weighted by atomic mass is 127. The second kappa shape index (κ2) is 15.6. The number of halogens is 1. The van der Waals surface area contributed by atoms with Crippen LogP contribution in [0.1, 0.15) is 45.1 Å². The molecule has 0 radical (unpaired) electrons. The quantitative estimate of drug-likeness (QED) is 0.217. The van der Waals surface area contributed by atoms with Crippen LogP contribution in [0.15, 0.2) is 23.3 Å². The van der Waals surface area contributed by atoms with E-state index in [4.69, 9.17) is 5.11 Å². The van der Waals surface area contributed by atoms with Crippen LogP contribution in [0, 0.1) is 12.8 Å². The Hall–Kier alpha value is -1.42. The Morgan fingerprint density at radius 3 is 2.63 bits per heavy atom. The number of guanidine groups is 1. The molecule has 0 aliphatic rings. The molecular weight excluding hydrogens is 457 g/mol. The first-order valence-electron chi connectivity index (χ1n) is 9.44. The summed E-state index contributed by atoms with van der Waals surface area (Å²) in [5.41, 5.74) is 1.05. The van der Waals surface area contributed by atoms with Crippen molar-refractivity contribution in [2.45, 2.75) is 46.5 Å². The van der Waals surface area contributed by atoms with Crippen molar-refractivity contribution in [3.8, 4) is 0 Å². The average Bonchev–Trinajstić information content (AvgIpc) is 2.62. The van der Waals surface area contributed by atoms with Gasteiger partial charge in [0, 0.05) is 38.9 Å². The number of aliphatic hydroxyl groups is 1. The molecule has 0 bridgehead atoms. The molecule has 0 aromatic carbocycles. The van der Waals surface area contributed by atoms with E-state index in [9.17, 15) is 4.79 Å². The Bertz CT molecular complexity index is 546. The summed E-state index contributed by atoms with van der Waals surface area (Å²) in [6.45, 7) is 8.20. The van der Waals surface area contributed by atoms with Gasteiger partial charge in [0.05, 0.1) is 0 Å². The fourth-order valence-corrected chi connectivity index (χ4v) is 2.52. The van der Waals surface area contributed by atoms with E-state index < -0.39 is 0 Å². The third-order valence-electron chi connectivity index (χ3n) is 3.91. The lowest BCUT2D eigenvalue weighted by molar-refractivity contribution is -0.116. The molecule has 1 aromatic heterocycles. The molecule has 27 heavy (non-hydrogen) atoms. The van der Waals surface area contributed by atoms with E-state index in [2.05, 4.69) is 32.9 Å². The zero-order chi connectivity index (χ0) is 19.2. The van der Waals surface area contributed by atoms with Crippen LogP contribution in [0.2, 0.25) is 0 Å². The molecule has 1 unspecified atom stereocenters. The number of carbonyl (C=O) groups is 1. The minimum absolute atomic E-state index is 0. The molecule has 8 heteroatoms. The maximum absolute atomic E-state index is 12.0. The summed E-state index contributed by atoms with van der Waals surface area (Å²) in [6, 6.07) is 3.71. The van der Waals surface area contributed by atoms with Crippen molar-refractivity contribution in [1.29, 1.82) is 0 Å². The fourth-order valence-electron chi connectivity index (χ4n) is 2.52. The molecule has 4 N–H and O–H groups in total. The predicted molar refractivity (Wildman–Crippen MR) is 122 cm³/mol. The van der Waals surface area contributed by atoms with Gasteiger partial charge in [-0.3, -0.25) is 9.79 Å². The van der Waals surface area contributed by atoms with Gasteiger partial charge in [-0.05, 0) is 44.2 Å². The molecule has 1 heterocycles. The number of nitrogens with one attached hydrogen (secondary N) is 3. The second-order valence-electron chi connectivity index (χ2n) is 6.33. The molecule has 1 atom stereocenters. The van der Waals surface area contributed by atoms with Crippen molar-refractivity contribution in [1.82, 2.24) is 15.6 Å². The SMILES string of the molecule is CCCC(CCO)CN=C(NCC)NCCC(=O)Nc1ccc(C)cn1.I. The number of carbonyl (C=O) groups excluding carboxylic acids is 1. The largest absolute Gasteiger partial charge is 0.396 e. The molecular formula is C19H34IN5O2. The highest BCUT2D eigenvalue weighted by Crippen LogP contribution is 2.11. The number of hydrogen-bond acceptors (Lipinski definition) is 4. The van der Waals surface area contributed by atoms with Gasteiger partial charge in [-0.1, -0.05) is 19.4 Å². The lowest BCUT2D eigenvalue weighted by Gasteiger charge is -2.15. The minimum Gasteiger partial charge on any atom is -0.396 e. The van der Waals surface area contributed by atoms with Crippen LogP contribution in [-0.4, -0.2) is 48.2 Å². The van der Waals surface area contributed by atoms with Crippen molar-refractivity contribution in [3.63, 3.8) is 0 Å². The molecule has 0 spiro atoms. The second-order valence-corrected chi connectivity index (χ2v) is 6.33. The standard InChI is InChI=1S/C19H33N5O2.HI/c1-4-6-16(10-12-25)14-23-19(20-5-2)21-11-9-18(26)24-17-8-7-15(3)13-22-17;/h7-8,13,16,25H,4-6,9-12,14H2,1-3H3,(H2,20,21,23)(H,22,24,26);1H. The number of aryl methyl sites for hydroxylation is 1. The van der Waals surface area contributed by atoms with Crippen molar-refractivity contribution in [2.75, 3.05) is 31.6 Å². The number of aliphatic imine (C=N–C) groups is 1. The number of amides is 1. The first kappa shape index (κ1) is 25.6. The Kier molecular flexibility index (Phi) is 14.8. The van der Waals surface area contributed by atoms with Crippen molar-refractivity contribution >= 4 is 41.7 Å².